The molecular formula is C18H28N2O2. The minimum atomic E-state index is 0.0299. The van der Waals surface area contributed by atoms with Crippen molar-refractivity contribution < 1.29 is 9.53 Å². The molecule has 0 aromatic heterocycles. The first-order valence-electron chi connectivity index (χ1n) is 8.31. The highest BCUT2D eigenvalue weighted by molar-refractivity contribution is 5.76. The normalized spacial score (nSPS) is 19.2. The quantitative estimate of drug-likeness (QED) is 0.814. The van der Waals surface area contributed by atoms with E-state index in [0.717, 1.165) is 30.8 Å². The standard InChI is InChI=1S/C18H28N2O2/c1-13(2)22-17-7-5-16(6-8-17)14(3)20-18(21)9-4-15-10-11-19-12-15/h5-8,13-15,19H,4,9-12H2,1-3H3,(H,20,21). The van der Waals surface area contributed by atoms with Crippen LogP contribution in [0, 0.1) is 5.92 Å². The molecule has 0 saturated carbocycles. The Morgan fingerprint density at radius 1 is 1.32 bits per heavy atom. The van der Waals surface area contributed by atoms with E-state index in [9.17, 15) is 4.79 Å². The van der Waals surface area contributed by atoms with Crippen LogP contribution in [0.15, 0.2) is 24.3 Å². The number of hydrogen-bond acceptors (Lipinski definition) is 3. The maximum Gasteiger partial charge on any atom is 0.220 e. The van der Waals surface area contributed by atoms with Crippen molar-refractivity contribution in [2.45, 2.75) is 52.2 Å². The zero-order valence-corrected chi connectivity index (χ0v) is 13.9. The van der Waals surface area contributed by atoms with Crippen LogP contribution < -0.4 is 15.4 Å². The molecular weight excluding hydrogens is 276 g/mol. The lowest BCUT2D eigenvalue weighted by Crippen LogP contribution is -2.27. The van der Waals surface area contributed by atoms with Crippen LogP contribution in [0.4, 0.5) is 0 Å². The molecule has 2 atom stereocenters. The average Bonchev–Trinajstić information content (AvgIpc) is 2.98. The second-order valence-corrected chi connectivity index (χ2v) is 6.42. The van der Waals surface area contributed by atoms with E-state index in [0.29, 0.717) is 12.3 Å². The van der Waals surface area contributed by atoms with Gasteiger partial charge in [0.1, 0.15) is 5.75 Å². The fourth-order valence-corrected chi connectivity index (χ4v) is 2.80. The highest BCUT2D eigenvalue weighted by Crippen LogP contribution is 2.19. The monoisotopic (exact) mass is 304 g/mol. The van der Waals surface area contributed by atoms with Crippen molar-refractivity contribution in [3.8, 4) is 5.75 Å². The van der Waals surface area contributed by atoms with Crippen LogP contribution in [0.5, 0.6) is 5.75 Å². The first-order chi connectivity index (χ1) is 10.5. The third kappa shape index (κ3) is 5.34. The zero-order valence-electron chi connectivity index (χ0n) is 13.9. The third-order valence-electron chi connectivity index (χ3n) is 4.07. The van der Waals surface area contributed by atoms with Crippen LogP contribution in [0.1, 0.15) is 51.6 Å². The summed E-state index contributed by atoms with van der Waals surface area (Å²) in [6, 6.07) is 7.99. The predicted molar refractivity (Wildman–Crippen MR) is 89.0 cm³/mol. The minimum Gasteiger partial charge on any atom is -0.491 e. The number of ether oxygens (including phenoxy) is 1. The van der Waals surface area contributed by atoms with E-state index in [2.05, 4.69) is 10.6 Å². The van der Waals surface area contributed by atoms with Gasteiger partial charge >= 0.3 is 0 Å². The second-order valence-electron chi connectivity index (χ2n) is 6.42. The van der Waals surface area contributed by atoms with E-state index in [1.165, 1.54) is 6.42 Å². The molecule has 2 N–H and O–H groups in total. The lowest BCUT2D eigenvalue weighted by Gasteiger charge is -2.16. The lowest BCUT2D eigenvalue weighted by molar-refractivity contribution is -0.122. The molecule has 0 bridgehead atoms. The highest BCUT2D eigenvalue weighted by atomic mass is 16.5. The zero-order chi connectivity index (χ0) is 15.9. The number of carbonyl (C=O) groups excluding carboxylic acids is 1. The van der Waals surface area contributed by atoms with Crippen LogP contribution in [-0.4, -0.2) is 25.1 Å². The predicted octanol–water partition coefficient (Wildman–Crippen LogP) is 3.04. The maximum absolute atomic E-state index is 12.0. The van der Waals surface area contributed by atoms with Gasteiger partial charge in [-0.3, -0.25) is 4.79 Å². The molecule has 1 saturated heterocycles. The largest absolute Gasteiger partial charge is 0.491 e. The van der Waals surface area contributed by atoms with Crippen molar-refractivity contribution in [3.63, 3.8) is 0 Å². The van der Waals surface area contributed by atoms with E-state index in [-0.39, 0.29) is 18.1 Å². The van der Waals surface area contributed by atoms with E-state index in [4.69, 9.17) is 4.74 Å². The molecule has 22 heavy (non-hydrogen) atoms. The molecule has 0 radical (unpaired) electrons. The van der Waals surface area contributed by atoms with Gasteiger partial charge in [0, 0.05) is 6.42 Å². The molecule has 4 nitrogen and oxygen atoms in total. The van der Waals surface area contributed by atoms with E-state index in [1.807, 2.05) is 45.0 Å². The van der Waals surface area contributed by atoms with Crippen molar-refractivity contribution in [1.29, 1.82) is 0 Å². The number of hydrogen-bond donors (Lipinski definition) is 2. The summed E-state index contributed by atoms with van der Waals surface area (Å²) in [5.74, 6) is 1.67. The van der Waals surface area contributed by atoms with Gasteiger partial charge in [0.05, 0.1) is 12.1 Å². The van der Waals surface area contributed by atoms with Crippen molar-refractivity contribution >= 4 is 5.91 Å². The molecule has 2 unspecified atom stereocenters. The summed E-state index contributed by atoms with van der Waals surface area (Å²) in [5.41, 5.74) is 1.10. The Morgan fingerprint density at radius 2 is 2.05 bits per heavy atom. The molecule has 1 heterocycles. The molecule has 1 aromatic carbocycles. The molecule has 4 heteroatoms. The number of amides is 1. The number of carbonyl (C=O) groups is 1. The number of nitrogens with one attached hydrogen (secondary N) is 2. The van der Waals surface area contributed by atoms with Crippen molar-refractivity contribution in [2.75, 3.05) is 13.1 Å². The Kier molecular flexibility index (Phi) is 6.25. The molecule has 122 valence electrons. The summed E-state index contributed by atoms with van der Waals surface area (Å²) in [4.78, 5) is 12.0. The molecule has 0 aliphatic carbocycles. The fraction of sp³-hybridized carbons (Fsp3) is 0.611. The van der Waals surface area contributed by atoms with Gasteiger partial charge in [0.25, 0.3) is 0 Å². The summed E-state index contributed by atoms with van der Waals surface area (Å²) in [7, 11) is 0. The molecule has 2 rings (SSSR count). The van der Waals surface area contributed by atoms with Crippen LogP contribution in [0.3, 0.4) is 0 Å². The summed E-state index contributed by atoms with van der Waals surface area (Å²) >= 11 is 0. The van der Waals surface area contributed by atoms with Gasteiger partial charge < -0.3 is 15.4 Å². The van der Waals surface area contributed by atoms with Gasteiger partial charge in [0.15, 0.2) is 0 Å². The molecule has 1 aromatic rings. The van der Waals surface area contributed by atoms with Gasteiger partial charge in [-0.2, -0.15) is 0 Å². The Hall–Kier alpha value is -1.55. The fourth-order valence-electron chi connectivity index (χ4n) is 2.80. The maximum atomic E-state index is 12.0. The Labute approximate surface area is 133 Å². The molecule has 1 aliphatic heterocycles. The second kappa shape index (κ2) is 8.18. The molecule has 0 spiro atoms. The first kappa shape index (κ1) is 16.8. The third-order valence-corrected chi connectivity index (χ3v) is 4.07. The summed E-state index contributed by atoms with van der Waals surface area (Å²) in [6.45, 7) is 8.19. The molecule has 1 amide bonds. The van der Waals surface area contributed by atoms with Crippen LogP contribution in [0.2, 0.25) is 0 Å². The van der Waals surface area contributed by atoms with E-state index >= 15 is 0 Å². The lowest BCUT2D eigenvalue weighted by atomic mass is 10.0. The number of rotatable bonds is 7. The summed E-state index contributed by atoms with van der Waals surface area (Å²) in [5, 5.41) is 6.42. The van der Waals surface area contributed by atoms with Gasteiger partial charge in [-0.25, -0.2) is 0 Å². The topological polar surface area (TPSA) is 50.4 Å². The first-order valence-corrected chi connectivity index (χ1v) is 8.31. The van der Waals surface area contributed by atoms with Gasteiger partial charge in [0.2, 0.25) is 5.91 Å². The van der Waals surface area contributed by atoms with Crippen molar-refractivity contribution in [3.05, 3.63) is 29.8 Å². The minimum absolute atomic E-state index is 0.0299. The summed E-state index contributed by atoms with van der Waals surface area (Å²) < 4.78 is 5.63. The summed E-state index contributed by atoms with van der Waals surface area (Å²) in [6.07, 6.45) is 2.96. The Bertz CT molecular complexity index is 464. The van der Waals surface area contributed by atoms with Crippen molar-refractivity contribution in [2.24, 2.45) is 5.92 Å². The van der Waals surface area contributed by atoms with Crippen LogP contribution in [-0.2, 0) is 4.79 Å². The van der Waals surface area contributed by atoms with Gasteiger partial charge in [-0.05, 0) is 70.3 Å². The average molecular weight is 304 g/mol. The SMILES string of the molecule is CC(C)Oc1ccc(C(C)NC(=O)CCC2CCNC2)cc1. The van der Waals surface area contributed by atoms with Crippen LogP contribution >= 0.6 is 0 Å². The van der Waals surface area contributed by atoms with Crippen LogP contribution in [0.25, 0.3) is 0 Å². The van der Waals surface area contributed by atoms with Crippen molar-refractivity contribution in [1.82, 2.24) is 10.6 Å². The number of benzene rings is 1. The molecule has 1 aliphatic rings. The van der Waals surface area contributed by atoms with E-state index < -0.39 is 0 Å². The van der Waals surface area contributed by atoms with E-state index in [1.54, 1.807) is 0 Å². The smallest absolute Gasteiger partial charge is 0.220 e. The Balaban J connectivity index is 1.77. The van der Waals surface area contributed by atoms with Gasteiger partial charge in [-0.15, -0.1) is 0 Å². The van der Waals surface area contributed by atoms with Gasteiger partial charge in [-0.1, -0.05) is 12.1 Å². The Morgan fingerprint density at radius 3 is 2.64 bits per heavy atom. The molecule has 1 fully saturated rings. The highest BCUT2D eigenvalue weighted by Gasteiger charge is 2.16.